The Labute approximate surface area is 82.5 Å². The van der Waals surface area contributed by atoms with Gasteiger partial charge in [0.15, 0.2) is 0 Å². The molecule has 0 spiro atoms. The van der Waals surface area contributed by atoms with Crippen LogP contribution in [0.1, 0.15) is 39.0 Å². The summed E-state index contributed by atoms with van der Waals surface area (Å²) in [6.45, 7) is 7.05. The molecule has 0 aromatic rings. The van der Waals surface area contributed by atoms with Crippen molar-refractivity contribution in [3.05, 3.63) is 0 Å². The highest BCUT2D eigenvalue weighted by atomic mass is 15.1. The van der Waals surface area contributed by atoms with Gasteiger partial charge in [-0.1, -0.05) is 19.8 Å². The molecule has 0 bridgehead atoms. The van der Waals surface area contributed by atoms with E-state index in [-0.39, 0.29) is 0 Å². The molecule has 0 amide bonds. The second kappa shape index (κ2) is 6.39. The Balaban J connectivity index is 2.17. The fourth-order valence-electron chi connectivity index (χ4n) is 2.14. The highest BCUT2D eigenvalue weighted by Crippen LogP contribution is 2.12. The Hall–Kier alpha value is -0.0800. The van der Waals surface area contributed by atoms with Crippen LogP contribution in [0.25, 0.3) is 0 Å². The summed E-state index contributed by atoms with van der Waals surface area (Å²) in [5, 5.41) is 0. The van der Waals surface area contributed by atoms with E-state index >= 15 is 0 Å². The first-order valence-corrected chi connectivity index (χ1v) is 5.75. The van der Waals surface area contributed by atoms with Gasteiger partial charge in [-0.05, 0) is 44.8 Å². The zero-order valence-corrected chi connectivity index (χ0v) is 8.97. The predicted octanol–water partition coefficient (Wildman–Crippen LogP) is 1.85. The van der Waals surface area contributed by atoms with E-state index in [1.165, 1.54) is 51.7 Å². The largest absolute Gasteiger partial charge is 0.330 e. The molecule has 1 saturated heterocycles. The molecule has 0 aromatic heterocycles. The summed E-state index contributed by atoms with van der Waals surface area (Å²) in [5.41, 5.74) is 5.55. The first-order valence-electron chi connectivity index (χ1n) is 5.75. The Morgan fingerprint density at radius 2 is 1.77 bits per heavy atom. The summed E-state index contributed by atoms with van der Waals surface area (Å²) in [4.78, 5) is 2.62. The van der Waals surface area contributed by atoms with Gasteiger partial charge in [-0.3, -0.25) is 0 Å². The zero-order valence-electron chi connectivity index (χ0n) is 8.97. The van der Waals surface area contributed by atoms with Crippen LogP contribution in [-0.2, 0) is 0 Å². The molecule has 13 heavy (non-hydrogen) atoms. The lowest BCUT2D eigenvalue weighted by Crippen LogP contribution is -2.30. The molecule has 1 aliphatic rings. The molecule has 1 atom stereocenters. The molecule has 2 heteroatoms. The minimum Gasteiger partial charge on any atom is -0.330 e. The van der Waals surface area contributed by atoms with E-state index in [0.717, 1.165) is 12.5 Å². The predicted molar refractivity (Wildman–Crippen MR) is 57.7 cm³/mol. The average molecular weight is 184 g/mol. The van der Waals surface area contributed by atoms with E-state index in [0.29, 0.717) is 0 Å². The van der Waals surface area contributed by atoms with Crippen LogP contribution in [0.2, 0.25) is 0 Å². The van der Waals surface area contributed by atoms with Crippen molar-refractivity contribution in [3.8, 4) is 0 Å². The van der Waals surface area contributed by atoms with E-state index < -0.39 is 0 Å². The maximum atomic E-state index is 5.55. The van der Waals surface area contributed by atoms with Gasteiger partial charge in [-0.15, -0.1) is 0 Å². The maximum Gasteiger partial charge on any atom is 0.000749 e. The first kappa shape index (κ1) is 11.0. The second-order valence-corrected chi connectivity index (χ2v) is 4.40. The van der Waals surface area contributed by atoms with Crippen molar-refractivity contribution in [2.45, 2.75) is 39.0 Å². The van der Waals surface area contributed by atoms with Crippen molar-refractivity contribution in [2.24, 2.45) is 11.7 Å². The average Bonchev–Trinajstić information content (AvgIpc) is 2.33. The van der Waals surface area contributed by atoms with Gasteiger partial charge in [0.1, 0.15) is 0 Å². The minimum absolute atomic E-state index is 0.781. The molecule has 0 aromatic carbocycles. The van der Waals surface area contributed by atoms with Gasteiger partial charge in [0.25, 0.3) is 0 Å². The van der Waals surface area contributed by atoms with Crippen molar-refractivity contribution in [2.75, 3.05) is 26.2 Å². The van der Waals surface area contributed by atoms with Crippen molar-refractivity contribution in [1.82, 2.24) is 4.90 Å². The molecule has 1 fully saturated rings. The van der Waals surface area contributed by atoms with E-state index in [1.54, 1.807) is 0 Å². The lowest BCUT2D eigenvalue weighted by Gasteiger charge is -2.23. The monoisotopic (exact) mass is 184 g/mol. The maximum absolute atomic E-state index is 5.55. The molecule has 78 valence electrons. The number of nitrogens with two attached hydrogens (primary N) is 1. The van der Waals surface area contributed by atoms with Gasteiger partial charge in [0.05, 0.1) is 0 Å². The smallest absolute Gasteiger partial charge is 0.000749 e. The highest BCUT2D eigenvalue weighted by Gasteiger charge is 2.11. The summed E-state index contributed by atoms with van der Waals surface area (Å²) in [7, 11) is 0. The molecule has 1 rings (SSSR count). The van der Waals surface area contributed by atoms with Crippen LogP contribution in [0.5, 0.6) is 0 Å². The van der Waals surface area contributed by atoms with Crippen LogP contribution in [-0.4, -0.2) is 31.1 Å². The summed E-state index contributed by atoms with van der Waals surface area (Å²) in [5.74, 6) is 0.781. The van der Waals surface area contributed by atoms with Gasteiger partial charge in [0.2, 0.25) is 0 Å². The van der Waals surface area contributed by atoms with Gasteiger partial charge >= 0.3 is 0 Å². The molecule has 1 aliphatic heterocycles. The number of rotatable bonds is 4. The molecule has 2 nitrogen and oxygen atoms in total. The van der Waals surface area contributed by atoms with E-state index in [1.807, 2.05) is 0 Å². The normalized spacial score (nSPS) is 22.6. The van der Waals surface area contributed by atoms with Gasteiger partial charge in [-0.25, -0.2) is 0 Å². The lowest BCUT2D eigenvalue weighted by atomic mass is 10.1. The third kappa shape index (κ3) is 4.63. The number of nitrogens with zero attached hydrogens (tertiary/aromatic N) is 1. The lowest BCUT2D eigenvalue weighted by molar-refractivity contribution is 0.241. The van der Waals surface area contributed by atoms with Crippen molar-refractivity contribution >= 4 is 0 Å². The minimum atomic E-state index is 0.781. The highest BCUT2D eigenvalue weighted by molar-refractivity contribution is 4.66. The molecular formula is C11H24N2. The van der Waals surface area contributed by atoms with E-state index in [4.69, 9.17) is 5.73 Å². The number of hydrogen-bond acceptors (Lipinski definition) is 2. The summed E-state index contributed by atoms with van der Waals surface area (Å²) in [6.07, 6.45) is 6.84. The van der Waals surface area contributed by atoms with Gasteiger partial charge in [0, 0.05) is 6.54 Å². The zero-order chi connectivity index (χ0) is 9.52. The Morgan fingerprint density at radius 1 is 1.15 bits per heavy atom. The van der Waals surface area contributed by atoms with Crippen LogP contribution in [0.15, 0.2) is 0 Å². The number of hydrogen-bond donors (Lipinski definition) is 1. The van der Waals surface area contributed by atoms with Crippen LogP contribution in [0, 0.1) is 5.92 Å². The topological polar surface area (TPSA) is 29.3 Å². The van der Waals surface area contributed by atoms with Crippen LogP contribution in [0.3, 0.4) is 0 Å². The molecular weight excluding hydrogens is 160 g/mol. The summed E-state index contributed by atoms with van der Waals surface area (Å²) < 4.78 is 0. The third-order valence-electron chi connectivity index (χ3n) is 2.93. The van der Waals surface area contributed by atoms with Crippen LogP contribution >= 0.6 is 0 Å². The SMILES string of the molecule is CC(CCN)CN1CCCCCC1. The van der Waals surface area contributed by atoms with E-state index in [9.17, 15) is 0 Å². The molecule has 0 radical (unpaired) electrons. The van der Waals surface area contributed by atoms with Crippen molar-refractivity contribution in [3.63, 3.8) is 0 Å². The van der Waals surface area contributed by atoms with Crippen molar-refractivity contribution in [1.29, 1.82) is 0 Å². The fraction of sp³-hybridized carbons (Fsp3) is 1.00. The van der Waals surface area contributed by atoms with Crippen LogP contribution in [0.4, 0.5) is 0 Å². The van der Waals surface area contributed by atoms with E-state index in [2.05, 4.69) is 11.8 Å². The molecule has 1 unspecified atom stereocenters. The first-order chi connectivity index (χ1) is 6.33. The second-order valence-electron chi connectivity index (χ2n) is 4.40. The van der Waals surface area contributed by atoms with Crippen LogP contribution < -0.4 is 5.73 Å². The Bertz CT molecular complexity index is 117. The molecule has 1 heterocycles. The standard InChI is InChI=1S/C11H24N2/c1-11(6-7-12)10-13-8-4-2-3-5-9-13/h11H,2-10,12H2,1H3. The molecule has 0 aliphatic carbocycles. The van der Waals surface area contributed by atoms with Crippen molar-refractivity contribution < 1.29 is 0 Å². The van der Waals surface area contributed by atoms with Gasteiger partial charge in [-0.2, -0.15) is 0 Å². The number of likely N-dealkylation sites (tertiary alicyclic amines) is 1. The Morgan fingerprint density at radius 3 is 2.31 bits per heavy atom. The molecule has 2 N–H and O–H groups in total. The quantitative estimate of drug-likeness (QED) is 0.722. The third-order valence-corrected chi connectivity index (χ3v) is 2.93. The Kier molecular flexibility index (Phi) is 5.40. The van der Waals surface area contributed by atoms with Gasteiger partial charge < -0.3 is 10.6 Å². The molecule has 0 saturated carbocycles. The fourth-order valence-corrected chi connectivity index (χ4v) is 2.14. The summed E-state index contributed by atoms with van der Waals surface area (Å²) >= 11 is 0. The summed E-state index contributed by atoms with van der Waals surface area (Å²) in [6, 6.07) is 0.